The highest BCUT2D eigenvalue weighted by molar-refractivity contribution is 5.94. The average molecular weight is 301 g/mol. The first kappa shape index (κ1) is 18.7. The topological polar surface area (TPSA) is 64.4 Å². The zero-order valence-corrected chi connectivity index (χ0v) is 13.2. The Morgan fingerprint density at radius 1 is 1.30 bits per heavy atom. The van der Waals surface area contributed by atoms with Gasteiger partial charge in [0.05, 0.1) is 12.1 Å². The molecule has 1 aromatic rings. The molecule has 0 aromatic heterocycles. The molecule has 0 fully saturated rings. The summed E-state index contributed by atoms with van der Waals surface area (Å²) in [7, 11) is 0. The van der Waals surface area contributed by atoms with Gasteiger partial charge < -0.3 is 15.8 Å². The van der Waals surface area contributed by atoms with E-state index in [1.54, 1.807) is 0 Å². The van der Waals surface area contributed by atoms with Crippen LogP contribution < -0.4 is 15.8 Å². The number of hydrogen-bond acceptors (Lipinski definition) is 3. The van der Waals surface area contributed by atoms with Crippen molar-refractivity contribution in [2.75, 3.05) is 5.32 Å². The number of carbonyl (C=O) groups is 1. The predicted octanol–water partition coefficient (Wildman–Crippen LogP) is 3.35. The second-order valence-electron chi connectivity index (χ2n) is 4.75. The third-order valence-corrected chi connectivity index (χ3v) is 2.97. The Labute approximate surface area is 127 Å². The second kappa shape index (κ2) is 9.61. The molecule has 0 spiro atoms. The quantitative estimate of drug-likeness (QED) is 0.811. The van der Waals surface area contributed by atoms with Gasteiger partial charge in [-0.1, -0.05) is 20.3 Å². The van der Waals surface area contributed by atoms with Crippen LogP contribution in [0.1, 0.15) is 40.0 Å². The summed E-state index contributed by atoms with van der Waals surface area (Å²) in [5, 5.41) is 2.80. The minimum atomic E-state index is -0.443. The Bertz CT molecular complexity index is 395. The highest BCUT2D eigenvalue weighted by Crippen LogP contribution is 2.17. The molecular formula is C15H25ClN2O2. The minimum Gasteiger partial charge on any atom is -0.491 e. The molecule has 0 bridgehead atoms. The summed E-state index contributed by atoms with van der Waals surface area (Å²) in [5.74, 6) is 0.669. The number of hydrogen-bond donors (Lipinski definition) is 2. The lowest BCUT2D eigenvalue weighted by Crippen LogP contribution is -2.35. The van der Waals surface area contributed by atoms with Gasteiger partial charge in [-0.3, -0.25) is 4.79 Å². The third kappa shape index (κ3) is 6.26. The van der Waals surface area contributed by atoms with Gasteiger partial charge in [0.25, 0.3) is 0 Å². The van der Waals surface area contributed by atoms with Gasteiger partial charge in [-0.15, -0.1) is 12.4 Å². The molecule has 114 valence electrons. The molecule has 1 amide bonds. The number of ether oxygens (including phenoxy) is 1. The van der Waals surface area contributed by atoms with E-state index >= 15 is 0 Å². The number of nitrogens with two attached hydrogens (primary N) is 1. The summed E-state index contributed by atoms with van der Waals surface area (Å²) in [5.41, 5.74) is 6.50. The van der Waals surface area contributed by atoms with Crippen LogP contribution in [0.3, 0.4) is 0 Å². The summed E-state index contributed by atoms with van der Waals surface area (Å²) in [4.78, 5) is 11.7. The van der Waals surface area contributed by atoms with E-state index in [0.29, 0.717) is 6.42 Å². The van der Waals surface area contributed by atoms with Crippen LogP contribution in [-0.2, 0) is 4.79 Å². The minimum absolute atomic E-state index is 0. The Balaban J connectivity index is 0.00000361. The lowest BCUT2D eigenvalue weighted by Gasteiger charge is -2.14. The number of benzene rings is 1. The van der Waals surface area contributed by atoms with Crippen molar-refractivity contribution < 1.29 is 9.53 Å². The molecule has 0 aliphatic rings. The average Bonchev–Trinajstić information content (AvgIpc) is 2.41. The van der Waals surface area contributed by atoms with Crippen molar-refractivity contribution in [3.63, 3.8) is 0 Å². The molecule has 20 heavy (non-hydrogen) atoms. The number of anilines is 1. The molecule has 0 saturated carbocycles. The van der Waals surface area contributed by atoms with Crippen LogP contribution in [-0.4, -0.2) is 18.1 Å². The number of halogens is 1. The molecule has 0 radical (unpaired) electrons. The largest absolute Gasteiger partial charge is 0.491 e. The highest BCUT2D eigenvalue weighted by Gasteiger charge is 2.12. The first-order valence-electron chi connectivity index (χ1n) is 6.90. The van der Waals surface area contributed by atoms with E-state index in [-0.39, 0.29) is 24.4 Å². The maximum absolute atomic E-state index is 11.7. The summed E-state index contributed by atoms with van der Waals surface area (Å²) in [6, 6.07) is 6.92. The van der Waals surface area contributed by atoms with Crippen LogP contribution in [0.4, 0.5) is 5.69 Å². The van der Waals surface area contributed by atoms with Crippen LogP contribution in [0.15, 0.2) is 24.3 Å². The van der Waals surface area contributed by atoms with Crippen molar-refractivity contribution in [3.05, 3.63) is 24.3 Å². The molecule has 2 unspecified atom stereocenters. The van der Waals surface area contributed by atoms with E-state index in [2.05, 4.69) is 12.2 Å². The molecule has 0 saturated heterocycles. The van der Waals surface area contributed by atoms with E-state index in [0.717, 1.165) is 24.3 Å². The first-order valence-corrected chi connectivity index (χ1v) is 6.90. The SMILES string of the molecule is CCCC(N)C(=O)Nc1ccc(OC(C)CC)cc1.Cl. The fraction of sp³-hybridized carbons (Fsp3) is 0.533. The van der Waals surface area contributed by atoms with Gasteiger partial charge in [0.1, 0.15) is 5.75 Å². The van der Waals surface area contributed by atoms with E-state index in [1.165, 1.54) is 0 Å². The molecule has 0 heterocycles. The zero-order chi connectivity index (χ0) is 14.3. The summed E-state index contributed by atoms with van der Waals surface area (Å²) < 4.78 is 5.67. The van der Waals surface area contributed by atoms with Gasteiger partial charge >= 0.3 is 0 Å². The molecule has 4 nitrogen and oxygen atoms in total. The van der Waals surface area contributed by atoms with Crippen molar-refractivity contribution in [2.45, 2.75) is 52.2 Å². The van der Waals surface area contributed by atoms with Crippen molar-refractivity contribution in [1.29, 1.82) is 0 Å². The van der Waals surface area contributed by atoms with Gasteiger partial charge in [0.15, 0.2) is 0 Å². The van der Waals surface area contributed by atoms with Gasteiger partial charge in [-0.05, 0) is 44.0 Å². The number of amides is 1. The first-order chi connectivity index (χ1) is 9.06. The highest BCUT2D eigenvalue weighted by atomic mass is 35.5. The summed E-state index contributed by atoms with van der Waals surface area (Å²) in [6.07, 6.45) is 2.75. The normalized spacial score (nSPS) is 13.0. The molecule has 0 aliphatic heterocycles. The summed E-state index contributed by atoms with van der Waals surface area (Å²) in [6.45, 7) is 6.11. The predicted molar refractivity (Wildman–Crippen MR) is 85.6 cm³/mol. The Morgan fingerprint density at radius 2 is 1.90 bits per heavy atom. The van der Waals surface area contributed by atoms with Gasteiger partial charge in [0, 0.05) is 5.69 Å². The van der Waals surface area contributed by atoms with E-state index in [4.69, 9.17) is 10.5 Å². The van der Waals surface area contributed by atoms with Crippen LogP contribution in [0.2, 0.25) is 0 Å². The van der Waals surface area contributed by atoms with E-state index < -0.39 is 6.04 Å². The van der Waals surface area contributed by atoms with Gasteiger partial charge in [0.2, 0.25) is 5.91 Å². The van der Waals surface area contributed by atoms with E-state index in [1.807, 2.05) is 38.1 Å². The fourth-order valence-electron chi connectivity index (χ4n) is 1.61. The molecule has 1 rings (SSSR count). The van der Waals surface area contributed by atoms with Crippen molar-refractivity contribution in [2.24, 2.45) is 5.73 Å². The molecule has 0 aliphatic carbocycles. The fourth-order valence-corrected chi connectivity index (χ4v) is 1.61. The molecule has 1 aromatic carbocycles. The maximum Gasteiger partial charge on any atom is 0.241 e. The number of rotatable bonds is 7. The Hall–Kier alpha value is -1.26. The van der Waals surface area contributed by atoms with Gasteiger partial charge in [-0.25, -0.2) is 0 Å². The van der Waals surface area contributed by atoms with Crippen molar-refractivity contribution in [3.8, 4) is 5.75 Å². The molecule has 5 heteroatoms. The number of carbonyl (C=O) groups excluding carboxylic acids is 1. The zero-order valence-electron chi connectivity index (χ0n) is 12.4. The second-order valence-corrected chi connectivity index (χ2v) is 4.75. The Kier molecular flexibility index (Phi) is 9.01. The molecule has 3 N–H and O–H groups in total. The maximum atomic E-state index is 11.7. The standard InChI is InChI=1S/C15H24N2O2.ClH/c1-4-6-14(16)15(18)17-12-7-9-13(10-8-12)19-11(3)5-2;/h7-11,14H,4-6,16H2,1-3H3,(H,17,18);1H. The van der Waals surface area contributed by atoms with Gasteiger partial charge in [-0.2, -0.15) is 0 Å². The van der Waals surface area contributed by atoms with Crippen LogP contribution >= 0.6 is 12.4 Å². The smallest absolute Gasteiger partial charge is 0.241 e. The van der Waals surface area contributed by atoms with Crippen LogP contribution in [0.25, 0.3) is 0 Å². The number of nitrogens with one attached hydrogen (secondary N) is 1. The van der Waals surface area contributed by atoms with Crippen molar-refractivity contribution in [1.82, 2.24) is 0 Å². The molecular weight excluding hydrogens is 276 g/mol. The lowest BCUT2D eigenvalue weighted by molar-refractivity contribution is -0.117. The third-order valence-electron chi connectivity index (χ3n) is 2.97. The monoisotopic (exact) mass is 300 g/mol. The molecule has 2 atom stereocenters. The van der Waals surface area contributed by atoms with Crippen molar-refractivity contribution >= 4 is 24.0 Å². The van der Waals surface area contributed by atoms with E-state index in [9.17, 15) is 4.79 Å². The Morgan fingerprint density at radius 3 is 2.40 bits per heavy atom. The summed E-state index contributed by atoms with van der Waals surface area (Å²) >= 11 is 0. The van der Waals surface area contributed by atoms with Crippen LogP contribution in [0.5, 0.6) is 5.75 Å². The lowest BCUT2D eigenvalue weighted by atomic mass is 10.1. The van der Waals surface area contributed by atoms with Crippen LogP contribution in [0, 0.1) is 0 Å².